The smallest absolute Gasteiger partial charge is 0.249 e. The van der Waals surface area contributed by atoms with Gasteiger partial charge < -0.3 is 45.5 Å². The molecule has 4 aliphatic heterocycles. The molecule has 0 unspecified atom stereocenters. The lowest BCUT2D eigenvalue weighted by atomic mass is 9.95. The SMILES string of the molecule is O=C1N[C@@H](CO)[C@H]2CCC[C@H](O2)C(=O)N[C@@H](CO)[C@H]2CCC[C@H](O2)C(=O)N[C@@H](CO)[C@H]2CCC[C@@H]1O2. The molecule has 0 aromatic rings. The second-order valence-electron chi connectivity index (χ2n) is 10.2. The number of hydrogen-bond donors (Lipinski definition) is 6. The summed E-state index contributed by atoms with van der Waals surface area (Å²) in [5.41, 5.74) is 0. The third kappa shape index (κ3) is 6.35. The normalized spacial score (nSPS) is 40.8. The number of aliphatic hydroxyl groups excluding tert-OH is 3. The Morgan fingerprint density at radius 1 is 0.528 bits per heavy atom. The highest BCUT2D eigenvalue weighted by Crippen LogP contribution is 2.27. The molecule has 4 rings (SSSR count). The van der Waals surface area contributed by atoms with E-state index >= 15 is 0 Å². The minimum Gasteiger partial charge on any atom is -0.394 e. The predicted molar refractivity (Wildman–Crippen MR) is 125 cm³/mol. The Morgan fingerprint density at radius 3 is 1.06 bits per heavy atom. The molecule has 3 amide bonds. The molecule has 6 bridgehead atoms. The third-order valence-electron chi connectivity index (χ3n) is 7.68. The van der Waals surface area contributed by atoms with Gasteiger partial charge in [-0.3, -0.25) is 14.4 Å². The topological polar surface area (TPSA) is 176 Å². The van der Waals surface area contributed by atoms with Crippen LogP contribution in [0.2, 0.25) is 0 Å². The van der Waals surface area contributed by atoms with Gasteiger partial charge in [-0.15, -0.1) is 0 Å². The summed E-state index contributed by atoms with van der Waals surface area (Å²) in [5.74, 6) is -1.22. The number of aliphatic hydroxyl groups is 3. The summed E-state index contributed by atoms with van der Waals surface area (Å²) in [6.07, 6.45) is 1.04. The fourth-order valence-electron chi connectivity index (χ4n) is 5.62. The molecule has 0 aromatic carbocycles. The highest BCUT2D eigenvalue weighted by atomic mass is 16.5. The Labute approximate surface area is 210 Å². The zero-order valence-corrected chi connectivity index (χ0v) is 20.5. The van der Waals surface area contributed by atoms with Crippen molar-refractivity contribution in [2.75, 3.05) is 19.8 Å². The maximum Gasteiger partial charge on any atom is 0.249 e. The number of rotatable bonds is 3. The molecular formula is C24H39N3O9. The summed E-state index contributed by atoms with van der Waals surface area (Å²) in [5, 5.41) is 38.4. The van der Waals surface area contributed by atoms with Crippen molar-refractivity contribution in [3.63, 3.8) is 0 Å². The van der Waals surface area contributed by atoms with E-state index < -0.39 is 72.5 Å². The van der Waals surface area contributed by atoms with E-state index in [1.54, 1.807) is 0 Å². The first-order valence-electron chi connectivity index (χ1n) is 13.1. The molecule has 0 saturated carbocycles. The van der Waals surface area contributed by atoms with Gasteiger partial charge in [0.25, 0.3) is 0 Å². The highest BCUT2D eigenvalue weighted by Gasteiger charge is 2.40. The number of amides is 3. The van der Waals surface area contributed by atoms with E-state index in [0.717, 1.165) is 0 Å². The Bertz CT molecular complexity index is 684. The third-order valence-corrected chi connectivity index (χ3v) is 7.68. The van der Waals surface area contributed by atoms with E-state index in [9.17, 15) is 29.7 Å². The van der Waals surface area contributed by atoms with Gasteiger partial charge in [0.1, 0.15) is 18.3 Å². The molecule has 4 fully saturated rings. The molecule has 0 aromatic heterocycles. The molecule has 12 heteroatoms. The van der Waals surface area contributed by atoms with Crippen molar-refractivity contribution >= 4 is 17.7 Å². The first-order valence-corrected chi connectivity index (χ1v) is 13.1. The largest absolute Gasteiger partial charge is 0.394 e. The number of hydrogen-bond acceptors (Lipinski definition) is 9. The van der Waals surface area contributed by atoms with Gasteiger partial charge in [0.2, 0.25) is 17.7 Å². The van der Waals surface area contributed by atoms with Crippen LogP contribution in [-0.4, -0.2) is 108 Å². The molecule has 9 atom stereocenters. The summed E-state index contributed by atoms with van der Waals surface area (Å²) < 4.78 is 18.0. The van der Waals surface area contributed by atoms with Crippen LogP contribution in [0.15, 0.2) is 0 Å². The second-order valence-corrected chi connectivity index (χ2v) is 10.2. The van der Waals surface area contributed by atoms with E-state index in [2.05, 4.69) is 16.0 Å². The Balaban J connectivity index is 1.58. The quantitative estimate of drug-likeness (QED) is 0.255. The summed E-state index contributed by atoms with van der Waals surface area (Å²) in [4.78, 5) is 39.0. The van der Waals surface area contributed by atoms with Crippen LogP contribution in [-0.2, 0) is 28.6 Å². The van der Waals surface area contributed by atoms with Crippen LogP contribution < -0.4 is 16.0 Å². The van der Waals surface area contributed by atoms with Crippen molar-refractivity contribution in [3.05, 3.63) is 0 Å². The van der Waals surface area contributed by atoms with E-state index in [1.807, 2.05) is 0 Å². The Morgan fingerprint density at radius 2 is 0.806 bits per heavy atom. The molecule has 4 heterocycles. The Kier molecular flexibility index (Phi) is 9.53. The number of nitrogens with one attached hydrogen (secondary N) is 3. The average molecular weight is 514 g/mol. The van der Waals surface area contributed by atoms with Crippen molar-refractivity contribution in [2.45, 2.75) is 113 Å². The van der Waals surface area contributed by atoms with Crippen molar-refractivity contribution in [2.24, 2.45) is 0 Å². The van der Waals surface area contributed by atoms with Crippen molar-refractivity contribution < 1.29 is 43.9 Å². The van der Waals surface area contributed by atoms with Crippen LogP contribution in [0.25, 0.3) is 0 Å². The zero-order chi connectivity index (χ0) is 25.7. The van der Waals surface area contributed by atoms with Gasteiger partial charge in [0.05, 0.1) is 56.3 Å². The van der Waals surface area contributed by atoms with Gasteiger partial charge in [0, 0.05) is 0 Å². The molecule has 36 heavy (non-hydrogen) atoms. The maximum absolute atomic E-state index is 13.0. The number of carbonyl (C=O) groups is 3. The lowest BCUT2D eigenvalue weighted by Gasteiger charge is -2.39. The molecule has 4 saturated heterocycles. The van der Waals surface area contributed by atoms with Crippen molar-refractivity contribution in [1.29, 1.82) is 0 Å². The summed E-state index contributed by atoms with van der Waals surface area (Å²) in [6, 6.07) is -2.17. The van der Waals surface area contributed by atoms with Crippen LogP contribution >= 0.6 is 0 Å². The standard InChI is InChI=1S/C24H39N3O9/c28-10-13-16-4-1-7-19(34-16)22(31)26-14(11-29)17-5-2-9-21(35-17)24(33)27-15(12-30)18-6-3-8-20(36-18)23(32)25-13/h13-21,28-30H,1-12H2,(H,25,32)(H,26,31)(H,27,33)/t13-,14-,15-,16+,17+,18+,19-,20-,21-/m0/s1. The van der Waals surface area contributed by atoms with Crippen LogP contribution in [0.1, 0.15) is 57.8 Å². The summed E-state index contributed by atoms with van der Waals surface area (Å²) >= 11 is 0. The van der Waals surface area contributed by atoms with E-state index in [4.69, 9.17) is 14.2 Å². The minimum atomic E-state index is -0.800. The zero-order valence-electron chi connectivity index (χ0n) is 20.5. The fourth-order valence-corrected chi connectivity index (χ4v) is 5.62. The van der Waals surface area contributed by atoms with Gasteiger partial charge in [-0.25, -0.2) is 0 Å². The monoisotopic (exact) mass is 513 g/mol. The summed E-state index contributed by atoms with van der Waals surface area (Å²) in [7, 11) is 0. The van der Waals surface area contributed by atoms with Crippen molar-refractivity contribution in [3.8, 4) is 0 Å². The van der Waals surface area contributed by atoms with E-state index in [1.165, 1.54) is 0 Å². The Hall–Kier alpha value is -1.83. The maximum atomic E-state index is 13.0. The predicted octanol–water partition coefficient (Wildman–Crippen LogP) is -1.76. The van der Waals surface area contributed by atoms with Gasteiger partial charge in [-0.05, 0) is 57.8 Å². The average Bonchev–Trinajstić information content (AvgIpc) is 2.92. The lowest BCUT2D eigenvalue weighted by molar-refractivity contribution is -0.158. The van der Waals surface area contributed by atoms with Crippen LogP contribution in [0.3, 0.4) is 0 Å². The first kappa shape index (κ1) is 27.2. The molecule has 6 N–H and O–H groups in total. The number of fused-ring (bicyclic) bond motifs is 6. The summed E-state index contributed by atoms with van der Waals surface area (Å²) in [6.45, 7) is -1.10. The second kappa shape index (κ2) is 12.6. The minimum absolute atomic E-state index is 0.368. The molecule has 12 nitrogen and oxygen atoms in total. The molecule has 4 aliphatic rings. The van der Waals surface area contributed by atoms with Gasteiger partial charge in [0.15, 0.2) is 0 Å². The number of ether oxygens (including phenoxy) is 3. The van der Waals surface area contributed by atoms with E-state index in [-0.39, 0.29) is 19.8 Å². The van der Waals surface area contributed by atoms with Gasteiger partial charge in [-0.2, -0.15) is 0 Å². The first-order chi connectivity index (χ1) is 17.4. The van der Waals surface area contributed by atoms with Crippen molar-refractivity contribution in [1.82, 2.24) is 16.0 Å². The van der Waals surface area contributed by atoms with Gasteiger partial charge >= 0.3 is 0 Å². The molecular weight excluding hydrogens is 474 g/mol. The van der Waals surface area contributed by atoms with Gasteiger partial charge in [-0.1, -0.05) is 0 Å². The number of carbonyl (C=O) groups excluding carboxylic acids is 3. The van der Waals surface area contributed by atoms with E-state index in [0.29, 0.717) is 57.8 Å². The molecule has 0 spiro atoms. The van der Waals surface area contributed by atoms with Crippen LogP contribution in [0, 0.1) is 0 Å². The van der Waals surface area contributed by atoms with Crippen LogP contribution in [0.5, 0.6) is 0 Å². The fraction of sp³-hybridized carbons (Fsp3) is 0.875. The van der Waals surface area contributed by atoms with Crippen LogP contribution in [0.4, 0.5) is 0 Å². The molecule has 204 valence electrons. The molecule has 0 radical (unpaired) electrons. The molecule has 0 aliphatic carbocycles. The highest BCUT2D eigenvalue weighted by molar-refractivity contribution is 5.83. The lowest BCUT2D eigenvalue weighted by Crippen LogP contribution is -2.59.